The van der Waals surface area contributed by atoms with Crippen molar-refractivity contribution in [1.82, 2.24) is 4.90 Å². The molecule has 0 aromatic heterocycles. The summed E-state index contributed by atoms with van der Waals surface area (Å²) >= 11 is 0. The predicted molar refractivity (Wildman–Crippen MR) is 113 cm³/mol. The molecule has 0 fully saturated rings. The fourth-order valence-electron chi connectivity index (χ4n) is 3.16. The number of carboxylic acid groups (broad SMARTS) is 1. The van der Waals surface area contributed by atoms with Gasteiger partial charge in [0.15, 0.2) is 0 Å². The normalized spacial score (nSPS) is 10.5. The molecule has 0 aliphatic rings. The van der Waals surface area contributed by atoms with Gasteiger partial charge in [-0.15, -0.1) is 0 Å². The van der Waals surface area contributed by atoms with Crippen LogP contribution in [-0.4, -0.2) is 62.4 Å². The van der Waals surface area contributed by atoms with Crippen LogP contribution in [0.15, 0.2) is 42.5 Å². The van der Waals surface area contributed by atoms with Crippen molar-refractivity contribution < 1.29 is 28.9 Å². The van der Waals surface area contributed by atoms with Gasteiger partial charge in [0.1, 0.15) is 18.1 Å². The molecule has 0 radical (unpaired) electrons. The number of benzene rings is 2. The Morgan fingerprint density at radius 1 is 1.00 bits per heavy atom. The average Bonchev–Trinajstić information content (AvgIpc) is 2.75. The third kappa shape index (κ3) is 6.77. The molecule has 2 aromatic rings. The van der Waals surface area contributed by atoms with E-state index in [1.165, 1.54) is 5.56 Å². The number of rotatable bonds is 12. The van der Waals surface area contributed by atoms with Gasteiger partial charge in [-0.2, -0.15) is 0 Å². The van der Waals surface area contributed by atoms with Gasteiger partial charge >= 0.3 is 5.97 Å². The van der Waals surface area contributed by atoms with Gasteiger partial charge in [-0.25, -0.2) is 4.79 Å². The highest BCUT2D eigenvalue weighted by molar-refractivity contribution is 5.95. The molecular formula is C23H29NO6. The standard InChI is InChI=1S/C23H29NO6/c1-17-20(28-2)14-19(15-21(17)29-3)23(27)24(12-13-30-16-22(25)26)11-7-10-18-8-5-4-6-9-18/h4-6,8-9,14-15H,7,10-13,16H2,1-3H3,(H,25,26). The summed E-state index contributed by atoms with van der Waals surface area (Å²) < 4.78 is 15.9. The first-order valence-electron chi connectivity index (χ1n) is 9.81. The molecule has 1 amide bonds. The number of nitrogens with zero attached hydrogens (tertiary/aromatic N) is 1. The van der Waals surface area contributed by atoms with Gasteiger partial charge in [0.05, 0.1) is 20.8 Å². The molecule has 0 aliphatic carbocycles. The van der Waals surface area contributed by atoms with Crippen LogP contribution in [0, 0.1) is 6.92 Å². The van der Waals surface area contributed by atoms with Crippen molar-refractivity contribution in [3.63, 3.8) is 0 Å². The third-order valence-corrected chi connectivity index (χ3v) is 4.75. The fraction of sp³-hybridized carbons (Fsp3) is 0.391. The van der Waals surface area contributed by atoms with Crippen LogP contribution in [0.4, 0.5) is 0 Å². The molecule has 2 aromatic carbocycles. The minimum Gasteiger partial charge on any atom is -0.496 e. The number of carbonyl (C=O) groups is 2. The van der Waals surface area contributed by atoms with Crippen molar-refractivity contribution in [2.24, 2.45) is 0 Å². The van der Waals surface area contributed by atoms with Crippen LogP contribution in [0.1, 0.15) is 27.9 Å². The number of amides is 1. The summed E-state index contributed by atoms with van der Waals surface area (Å²) in [5.41, 5.74) is 2.47. The van der Waals surface area contributed by atoms with Gasteiger partial charge in [-0.05, 0) is 37.5 Å². The van der Waals surface area contributed by atoms with E-state index in [1.54, 1.807) is 31.3 Å². The summed E-state index contributed by atoms with van der Waals surface area (Å²) in [4.78, 5) is 25.5. The van der Waals surface area contributed by atoms with E-state index in [0.29, 0.717) is 30.2 Å². The number of methoxy groups -OCH3 is 2. The highest BCUT2D eigenvalue weighted by atomic mass is 16.5. The number of aryl methyl sites for hydroxylation is 1. The lowest BCUT2D eigenvalue weighted by Gasteiger charge is -2.23. The highest BCUT2D eigenvalue weighted by Crippen LogP contribution is 2.30. The zero-order chi connectivity index (χ0) is 21.9. The first kappa shape index (κ1) is 23.2. The quantitative estimate of drug-likeness (QED) is 0.536. The van der Waals surface area contributed by atoms with E-state index in [4.69, 9.17) is 19.3 Å². The fourth-order valence-corrected chi connectivity index (χ4v) is 3.16. The Balaban J connectivity index is 2.12. The molecule has 0 spiro atoms. The molecule has 0 unspecified atom stereocenters. The Morgan fingerprint density at radius 3 is 2.20 bits per heavy atom. The Labute approximate surface area is 177 Å². The van der Waals surface area contributed by atoms with E-state index in [2.05, 4.69) is 12.1 Å². The molecule has 2 rings (SSSR count). The van der Waals surface area contributed by atoms with Crippen LogP contribution in [0.2, 0.25) is 0 Å². The van der Waals surface area contributed by atoms with Crippen LogP contribution >= 0.6 is 0 Å². The Morgan fingerprint density at radius 2 is 1.63 bits per heavy atom. The van der Waals surface area contributed by atoms with Crippen molar-refractivity contribution in [3.05, 3.63) is 59.2 Å². The lowest BCUT2D eigenvalue weighted by molar-refractivity contribution is -0.142. The number of aliphatic carboxylic acids is 1. The average molecular weight is 415 g/mol. The summed E-state index contributed by atoms with van der Waals surface area (Å²) in [6, 6.07) is 13.4. The minimum absolute atomic E-state index is 0.142. The zero-order valence-corrected chi connectivity index (χ0v) is 17.7. The molecule has 162 valence electrons. The van der Waals surface area contributed by atoms with Crippen LogP contribution in [0.5, 0.6) is 11.5 Å². The minimum atomic E-state index is -1.04. The lowest BCUT2D eigenvalue weighted by atomic mass is 10.1. The van der Waals surface area contributed by atoms with E-state index in [0.717, 1.165) is 18.4 Å². The molecule has 0 bridgehead atoms. The maximum atomic E-state index is 13.2. The van der Waals surface area contributed by atoms with Crippen LogP contribution < -0.4 is 9.47 Å². The number of ether oxygens (including phenoxy) is 3. The van der Waals surface area contributed by atoms with Crippen LogP contribution in [-0.2, 0) is 16.0 Å². The van der Waals surface area contributed by atoms with Gasteiger partial charge in [0, 0.05) is 24.2 Å². The topological polar surface area (TPSA) is 85.3 Å². The largest absolute Gasteiger partial charge is 0.496 e. The predicted octanol–water partition coefficient (Wildman–Crippen LogP) is 3.19. The summed E-state index contributed by atoms with van der Waals surface area (Å²) in [6.07, 6.45) is 1.61. The molecule has 0 atom stereocenters. The van der Waals surface area contributed by atoms with Crippen molar-refractivity contribution in [2.75, 3.05) is 40.5 Å². The smallest absolute Gasteiger partial charge is 0.329 e. The van der Waals surface area contributed by atoms with Crippen molar-refractivity contribution >= 4 is 11.9 Å². The van der Waals surface area contributed by atoms with Crippen molar-refractivity contribution in [3.8, 4) is 11.5 Å². The zero-order valence-electron chi connectivity index (χ0n) is 17.7. The van der Waals surface area contributed by atoms with Gasteiger partial charge in [-0.3, -0.25) is 4.79 Å². The molecule has 0 heterocycles. The molecule has 1 N–H and O–H groups in total. The van der Waals surface area contributed by atoms with E-state index >= 15 is 0 Å². The maximum Gasteiger partial charge on any atom is 0.329 e. The molecule has 0 saturated carbocycles. The van der Waals surface area contributed by atoms with Crippen LogP contribution in [0.25, 0.3) is 0 Å². The van der Waals surface area contributed by atoms with E-state index < -0.39 is 12.6 Å². The second-order valence-electron chi connectivity index (χ2n) is 6.83. The van der Waals surface area contributed by atoms with E-state index in [-0.39, 0.29) is 12.5 Å². The Kier molecular flexibility index (Phi) is 9.15. The molecule has 7 heteroatoms. The Hall–Kier alpha value is -3.06. The molecule has 7 nitrogen and oxygen atoms in total. The molecule has 30 heavy (non-hydrogen) atoms. The third-order valence-electron chi connectivity index (χ3n) is 4.75. The maximum absolute atomic E-state index is 13.2. The Bertz CT molecular complexity index is 812. The number of carboxylic acids is 1. The molecular weight excluding hydrogens is 386 g/mol. The first-order chi connectivity index (χ1) is 14.5. The molecule has 0 aliphatic heterocycles. The second-order valence-corrected chi connectivity index (χ2v) is 6.83. The number of hydrogen-bond acceptors (Lipinski definition) is 5. The van der Waals surface area contributed by atoms with Crippen LogP contribution in [0.3, 0.4) is 0 Å². The monoisotopic (exact) mass is 415 g/mol. The summed E-state index contributed by atoms with van der Waals surface area (Å²) in [6.45, 7) is 2.42. The second kappa shape index (κ2) is 11.8. The van der Waals surface area contributed by atoms with Crippen molar-refractivity contribution in [1.29, 1.82) is 0 Å². The highest BCUT2D eigenvalue weighted by Gasteiger charge is 2.19. The summed E-state index contributed by atoms with van der Waals surface area (Å²) in [5, 5.41) is 8.74. The molecule has 0 saturated heterocycles. The van der Waals surface area contributed by atoms with Gasteiger partial charge in [0.2, 0.25) is 0 Å². The van der Waals surface area contributed by atoms with Gasteiger partial charge < -0.3 is 24.2 Å². The summed E-state index contributed by atoms with van der Waals surface area (Å²) in [7, 11) is 3.10. The van der Waals surface area contributed by atoms with Crippen molar-refractivity contribution in [2.45, 2.75) is 19.8 Å². The van der Waals surface area contributed by atoms with Gasteiger partial charge in [0.25, 0.3) is 5.91 Å². The SMILES string of the molecule is COc1cc(C(=O)N(CCCc2ccccc2)CCOCC(=O)O)cc(OC)c1C. The summed E-state index contributed by atoms with van der Waals surface area (Å²) in [5.74, 6) is -0.0725. The van der Waals surface area contributed by atoms with E-state index in [9.17, 15) is 9.59 Å². The first-order valence-corrected chi connectivity index (χ1v) is 9.81. The lowest BCUT2D eigenvalue weighted by Crippen LogP contribution is -2.35. The van der Waals surface area contributed by atoms with Gasteiger partial charge in [-0.1, -0.05) is 30.3 Å². The number of hydrogen-bond donors (Lipinski definition) is 1. The number of carbonyl (C=O) groups excluding carboxylic acids is 1. The van der Waals surface area contributed by atoms with E-state index in [1.807, 2.05) is 25.1 Å².